The minimum atomic E-state index is -1.28. The highest BCUT2D eigenvalue weighted by atomic mass is 16.7. The van der Waals surface area contributed by atoms with Crippen molar-refractivity contribution in [3.63, 3.8) is 0 Å². The normalized spacial score (nSPS) is 12.5. The summed E-state index contributed by atoms with van der Waals surface area (Å²) in [6.07, 6.45) is -3.48. The number of hydrogen-bond donors (Lipinski definition) is 6. The van der Waals surface area contributed by atoms with E-state index in [9.17, 15) is 57.5 Å². The van der Waals surface area contributed by atoms with Crippen LogP contribution in [0.5, 0.6) is 0 Å². The van der Waals surface area contributed by atoms with Gasteiger partial charge in [-0.2, -0.15) is 0 Å². The van der Waals surface area contributed by atoms with Crippen molar-refractivity contribution in [3.8, 4) is 0 Å². The lowest BCUT2D eigenvalue weighted by molar-refractivity contribution is -0.171. The van der Waals surface area contributed by atoms with Gasteiger partial charge in [0.15, 0.2) is 0 Å². The van der Waals surface area contributed by atoms with Crippen LogP contribution in [0.1, 0.15) is 105 Å². The summed E-state index contributed by atoms with van der Waals surface area (Å²) in [6.45, 7) is 5.86. The van der Waals surface area contributed by atoms with Gasteiger partial charge in [-0.25, -0.2) is 5.06 Å². The van der Waals surface area contributed by atoms with E-state index >= 15 is 0 Å². The van der Waals surface area contributed by atoms with Gasteiger partial charge in [0.05, 0.1) is 95.1 Å². The summed E-state index contributed by atoms with van der Waals surface area (Å²) >= 11 is 0. The number of carbonyl (C=O) groups excluding carboxylic acids is 7. The zero-order chi connectivity index (χ0) is 53.4. The summed E-state index contributed by atoms with van der Waals surface area (Å²) < 4.78 is 28.4. The van der Waals surface area contributed by atoms with Gasteiger partial charge >= 0.3 is 41.8 Å². The van der Waals surface area contributed by atoms with E-state index < -0.39 is 72.9 Å². The van der Waals surface area contributed by atoms with Crippen LogP contribution in [0, 0.1) is 0 Å². The lowest BCUT2D eigenvalue weighted by atomic mass is 10.1. The Morgan fingerprint density at radius 1 is 0.493 bits per heavy atom. The molecule has 0 aromatic carbocycles. The number of methoxy groups -OCH3 is 5. The van der Waals surface area contributed by atoms with Gasteiger partial charge in [-0.05, 0) is 27.7 Å². The number of carboxylic acids is 5. The molecule has 26 heteroatoms. The van der Waals surface area contributed by atoms with Crippen LogP contribution in [0.15, 0.2) is 0 Å². The van der Waals surface area contributed by atoms with Crippen LogP contribution in [0.3, 0.4) is 0 Å². The molecule has 0 aliphatic carbocycles. The molecule has 6 N–H and O–H groups in total. The second-order valence-corrected chi connectivity index (χ2v) is 14.1. The number of hydrogen-bond acceptors (Lipinski definition) is 20. The largest absolute Gasteiger partial charge is 0.481 e. The van der Waals surface area contributed by atoms with E-state index in [0.717, 1.165) is 5.06 Å². The van der Waals surface area contributed by atoms with E-state index in [0.29, 0.717) is 12.8 Å². The van der Waals surface area contributed by atoms with Gasteiger partial charge in [0.1, 0.15) is 23.1 Å². The molecular formula is C41H69NO25. The molecule has 1 heterocycles. The Morgan fingerprint density at radius 2 is 0.746 bits per heavy atom. The third kappa shape index (κ3) is 52.9. The highest BCUT2D eigenvalue weighted by Crippen LogP contribution is 2.12. The number of hydroxylamine groups is 2. The van der Waals surface area contributed by atoms with Crippen LogP contribution in [0.2, 0.25) is 0 Å². The predicted octanol–water partition coefficient (Wildman–Crippen LogP) is 0.918. The Hall–Kier alpha value is -5.64. The zero-order valence-electron chi connectivity index (χ0n) is 39.8. The number of ether oxygens (including phenoxy) is 6. The smallest absolute Gasteiger partial charge is 0.316 e. The van der Waals surface area contributed by atoms with E-state index in [1.54, 1.807) is 0 Å². The SMILES string of the molecule is COC(CC(=O)O)CC(=O)O.COC(CC(C)=O)CC(C)=O.COC1CC(=O)OC(=O)C1.CO[C@@H](CC(C)=O)CC(=O)N(C)OC.CO[C@@H](CC(C)=O)CC(=O)O.O=C(O)CC(O)CC(=O)O. The number of amides is 1. The number of Topliss-reactive ketones (excluding diaryl/α,β-unsaturated/α-hetero) is 4. The fourth-order valence-electron chi connectivity index (χ4n) is 4.54. The lowest BCUT2D eigenvalue weighted by Crippen LogP contribution is -2.30. The van der Waals surface area contributed by atoms with Gasteiger partial charge in [-0.3, -0.25) is 62.4 Å². The van der Waals surface area contributed by atoms with Crippen LogP contribution in [-0.2, 0) is 90.8 Å². The van der Waals surface area contributed by atoms with Crippen LogP contribution in [0.4, 0.5) is 0 Å². The fourth-order valence-corrected chi connectivity index (χ4v) is 4.54. The third-order valence-corrected chi connectivity index (χ3v) is 7.80. The molecule has 0 saturated carbocycles. The van der Waals surface area contributed by atoms with Crippen molar-refractivity contribution in [2.75, 3.05) is 49.7 Å². The van der Waals surface area contributed by atoms with Crippen molar-refractivity contribution in [1.82, 2.24) is 5.06 Å². The first kappa shape index (κ1) is 70.4. The molecule has 2 atom stereocenters. The summed E-state index contributed by atoms with van der Waals surface area (Å²) in [5, 5.41) is 50.7. The molecule has 388 valence electrons. The maximum atomic E-state index is 11.3. The molecule has 0 spiro atoms. The van der Waals surface area contributed by atoms with Gasteiger partial charge < -0.3 is 59.1 Å². The summed E-state index contributed by atoms with van der Waals surface area (Å²) in [5.41, 5.74) is 0. The lowest BCUT2D eigenvalue weighted by Gasteiger charge is -2.17. The first-order chi connectivity index (χ1) is 30.9. The van der Waals surface area contributed by atoms with E-state index in [1.807, 2.05) is 0 Å². The Balaban J connectivity index is -0.000000230. The number of aliphatic hydroxyl groups excluding tert-OH is 1. The number of aliphatic carboxylic acids is 5. The van der Waals surface area contributed by atoms with Crippen LogP contribution < -0.4 is 0 Å². The molecule has 0 bridgehead atoms. The van der Waals surface area contributed by atoms with Gasteiger partial charge in [-0.15, -0.1) is 0 Å². The van der Waals surface area contributed by atoms with Crippen LogP contribution in [0.25, 0.3) is 0 Å². The van der Waals surface area contributed by atoms with Crippen molar-refractivity contribution in [2.45, 2.75) is 141 Å². The zero-order valence-corrected chi connectivity index (χ0v) is 39.8. The van der Waals surface area contributed by atoms with Crippen molar-refractivity contribution in [2.24, 2.45) is 0 Å². The molecule has 0 unspecified atom stereocenters. The number of ketones is 4. The number of esters is 2. The summed E-state index contributed by atoms with van der Waals surface area (Å²) in [7, 11) is 10.1. The van der Waals surface area contributed by atoms with Gasteiger partial charge in [0.25, 0.3) is 0 Å². The molecule has 1 aliphatic heterocycles. The minimum Gasteiger partial charge on any atom is -0.481 e. The fraction of sp³-hybridized carbons (Fsp3) is 0.707. The monoisotopic (exact) mass is 975 g/mol. The summed E-state index contributed by atoms with van der Waals surface area (Å²) in [4.78, 5) is 130. The van der Waals surface area contributed by atoms with Gasteiger partial charge in [-0.1, -0.05) is 0 Å². The molecule has 26 nitrogen and oxygen atoms in total. The molecule has 0 radical (unpaired) electrons. The molecule has 1 aliphatic rings. The maximum Gasteiger partial charge on any atom is 0.316 e. The average molecular weight is 976 g/mol. The second kappa shape index (κ2) is 43.0. The molecule has 1 fully saturated rings. The van der Waals surface area contributed by atoms with Crippen LogP contribution >= 0.6 is 0 Å². The standard InChI is InChI=1S/C9H17NO4.C8H14O3.C7H12O4.C6H10O5.C6H8O4.C5H8O5/c1-7(11)5-8(13-3)6-9(12)10(2)14-4;1-6(9)4-8(11-3)5-7(2)10;1-5(8)3-6(11-2)4-7(9)10;1-11-4(2-5(7)8)3-6(9)10;1-9-4-2-5(7)10-6(8)3-4;6-3(1-4(7)8)2-5(9)10/h8H,5-6H2,1-4H3;8H,4-5H2,1-3H3;6H,3-4H2,1-2H3,(H,9,10);4H,2-3H2,1H3,(H,7,8)(H,9,10);4H,2-3H2,1H3;3,6H,1-2H2,(H,7,8)(H,9,10)/t8-;;6-;;;/m0.0.../s1. The molecule has 0 aromatic rings. The Labute approximate surface area is 388 Å². The van der Waals surface area contributed by atoms with Crippen LogP contribution in [-0.4, -0.2) is 193 Å². The molecule has 1 saturated heterocycles. The maximum absolute atomic E-state index is 11.3. The Morgan fingerprint density at radius 3 is 0.970 bits per heavy atom. The summed E-state index contributed by atoms with van der Waals surface area (Å²) in [5.74, 6) is -6.61. The summed E-state index contributed by atoms with van der Waals surface area (Å²) in [6, 6.07) is 0. The van der Waals surface area contributed by atoms with Crippen molar-refractivity contribution >= 4 is 70.8 Å². The average Bonchev–Trinajstić information content (AvgIpc) is 3.18. The van der Waals surface area contributed by atoms with E-state index in [4.69, 9.17) is 54.4 Å². The van der Waals surface area contributed by atoms with Crippen molar-refractivity contribution in [1.29, 1.82) is 0 Å². The minimum absolute atomic E-state index is 0.00437. The second-order valence-electron chi connectivity index (χ2n) is 14.1. The highest BCUT2D eigenvalue weighted by molar-refractivity contribution is 5.88. The highest BCUT2D eigenvalue weighted by Gasteiger charge is 2.26. The van der Waals surface area contributed by atoms with Gasteiger partial charge in [0.2, 0.25) is 5.91 Å². The molecule has 1 amide bonds. The third-order valence-electron chi connectivity index (χ3n) is 7.80. The first-order valence-electron chi connectivity index (χ1n) is 19.9. The van der Waals surface area contributed by atoms with Crippen molar-refractivity contribution < 1.29 is 121 Å². The topological polar surface area (TPSA) is 394 Å². The molecule has 1 rings (SSSR count). The molecule has 67 heavy (non-hydrogen) atoms. The van der Waals surface area contributed by atoms with Gasteiger partial charge in [0, 0.05) is 68.3 Å². The number of carbonyl (C=O) groups is 12. The first-order valence-corrected chi connectivity index (χ1v) is 19.9. The quantitative estimate of drug-likeness (QED) is 0.0398. The molecule has 0 aromatic heterocycles. The Kier molecular flexibility index (Phi) is 45.1. The van der Waals surface area contributed by atoms with E-state index in [-0.39, 0.29) is 98.7 Å². The number of nitrogens with zero attached hydrogens (tertiary/aromatic N) is 1. The molecular weight excluding hydrogens is 906 g/mol. The number of rotatable bonds is 26. The van der Waals surface area contributed by atoms with E-state index in [1.165, 1.54) is 77.4 Å². The number of carboxylic acid groups (broad SMARTS) is 5. The number of aliphatic hydroxyl groups is 1. The number of cyclic esters (lactones) is 2. The Bertz CT molecular complexity index is 1380. The predicted molar refractivity (Wildman–Crippen MR) is 227 cm³/mol. The van der Waals surface area contributed by atoms with Crippen molar-refractivity contribution in [3.05, 3.63) is 0 Å². The van der Waals surface area contributed by atoms with E-state index in [2.05, 4.69) is 9.47 Å².